The average Bonchev–Trinajstić information content (AvgIpc) is 2.83. The Labute approximate surface area is 93.9 Å². The lowest BCUT2D eigenvalue weighted by Crippen LogP contribution is -2.16. The molecule has 84 valence electrons. The normalized spacial score (nSPS) is 12.6. The molecule has 2 aromatic rings. The summed E-state index contributed by atoms with van der Waals surface area (Å²) < 4.78 is 5.18. The zero-order valence-electron chi connectivity index (χ0n) is 9.05. The summed E-state index contributed by atoms with van der Waals surface area (Å²) in [6, 6.07) is 7.53. The number of aliphatic hydroxyl groups is 1. The number of aromatic nitrogens is 1. The Morgan fingerprint density at radius 3 is 2.69 bits per heavy atom. The molecule has 0 saturated heterocycles. The maximum absolute atomic E-state index is 9.74. The summed E-state index contributed by atoms with van der Waals surface area (Å²) in [6.07, 6.45) is 2.67. The third-order valence-corrected chi connectivity index (χ3v) is 2.37. The van der Waals surface area contributed by atoms with Crippen LogP contribution in [0.5, 0.6) is 0 Å². The third kappa shape index (κ3) is 2.29. The molecule has 0 aliphatic rings. The molecule has 4 nitrogen and oxygen atoms in total. The van der Waals surface area contributed by atoms with Crippen LogP contribution in [-0.2, 0) is 0 Å². The van der Waals surface area contributed by atoms with Crippen LogP contribution in [0.25, 0.3) is 11.5 Å². The molecule has 1 heterocycles. The van der Waals surface area contributed by atoms with E-state index in [2.05, 4.69) is 10.3 Å². The summed E-state index contributed by atoms with van der Waals surface area (Å²) >= 11 is 0. The minimum Gasteiger partial charge on any atom is -0.445 e. The summed E-state index contributed by atoms with van der Waals surface area (Å²) in [6.45, 7) is 0.540. The maximum Gasteiger partial charge on any atom is 0.225 e. The fraction of sp³-hybridized carbons (Fsp3) is 0.250. The molecule has 0 amide bonds. The molecule has 16 heavy (non-hydrogen) atoms. The van der Waals surface area contributed by atoms with E-state index in [4.69, 9.17) is 4.42 Å². The van der Waals surface area contributed by atoms with Gasteiger partial charge < -0.3 is 14.8 Å². The standard InChI is InChI=1S/C12H14N2O2/c1-13-8-11(15)9-2-4-10(5-3-9)12-14-6-7-16-12/h2-7,11,13,15H,8H2,1H3. The van der Waals surface area contributed by atoms with Crippen LogP contribution in [0.2, 0.25) is 0 Å². The molecule has 0 radical (unpaired) electrons. The van der Waals surface area contributed by atoms with E-state index in [1.54, 1.807) is 12.5 Å². The van der Waals surface area contributed by atoms with Gasteiger partial charge in [0, 0.05) is 12.1 Å². The van der Waals surface area contributed by atoms with Gasteiger partial charge in [-0.3, -0.25) is 0 Å². The van der Waals surface area contributed by atoms with Crippen LogP contribution < -0.4 is 5.32 Å². The highest BCUT2D eigenvalue weighted by Crippen LogP contribution is 2.20. The molecule has 0 fully saturated rings. The van der Waals surface area contributed by atoms with Gasteiger partial charge in [0.05, 0.1) is 12.3 Å². The van der Waals surface area contributed by atoms with E-state index in [-0.39, 0.29) is 0 Å². The molecule has 2 rings (SSSR count). The number of oxazole rings is 1. The van der Waals surface area contributed by atoms with Crippen molar-refractivity contribution in [1.82, 2.24) is 10.3 Å². The summed E-state index contributed by atoms with van der Waals surface area (Å²) in [4.78, 5) is 4.06. The fourth-order valence-corrected chi connectivity index (χ4v) is 1.53. The highest BCUT2D eigenvalue weighted by Gasteiger charge is 2.07. The fourth-order valence-electron chi connectivity index (χ4n) is 1.53. The molecule has 0 spiro atoms. The molecule has 1 aromatic carbocycles. The van der Waals surface area contributed by atoms with Crippen LogP contribution in [0.4, 0.5) is 0 Å². The summed E-state index contributed by atoms with van der Waals surface area (Å²) in [5.41, 5.74) is 1.79. The molecule has 0 bridgehead atoms. The first-order valence-corrected chi connectivity index (χ1v) is 5.14. The van der Waals surface area contributed by atoms with E-state index in [1.165, 1.54) is 0 Å². The highest BCUT2D eigenvalue weighted by molar-refractivity contribution is 5.53. The highest BCUT2D eigenvalue weighted by atomic mass is 16.3. The monoisotopic (exact) mass is 218 g/mol. The zero-order valence-corrected chi connectivity index (χ0v) is 9.05. The topological polar surface area (TPSA) is 58.3 Å². The Kier molecular flexibility index (Phi) is 3.34. The number of aliphatic hydroxyl groups excluding tert-OH is 1. The van der Waals surface area contributed by atoms with Crippen molar-refractivity contribution in [3.8, 4) is 11.5 Å². The van der Waals surface area contributed by atoms with Gasteiger partial charge in [-0.2, -0.15) is 0 Å². The summed E-state index contributed by atoms with van der Waals surface area (Å²) in [7, 11) is 1.81. The first-order chi connectivity index (χ1) is 7.81. The lowest BCUT2D eigenvalue weighted by Gasteiger charge is -2.10. The predicted molar refractivity (Wildman–Crippen MR) is 60.8 cm³/mol. The number of hydrogen-bond acceptors (Lipinski definition) is 4. The minimum atomic E-state index is -0.483. The zero-order chi connectivity index (χ0) is 11.4. The van der Waals surface area contributed by atoms with Gasteiger partial charge in [-0.1, -0.05) is 12.1 Å². The molecule has 2 N–H and O–H groups in total. The van der Waals surface area contributed by atoms with Crippen molar-refractivity contribution in [1.29, 1.82) is 0 Å². The van der Waals surface area contributed by atoms with Gasteiger partial charge in [0.15, 0.2) is 0 Å². The van der Waals surface area contributed by atoms with Gasteiger partial charge in [-0.25, -0.2) is 4.98 Å². The number of rotatable bonds is 4. The second-order valence-corrected chi connectivity index (χ2v) is 3.53. The van der Waals surface area contributed by atoms with Crippen molar-refractivity contribution in [2.75, 3.05) is 13.6 Å². The number of nitrogens with zero attached hydrogens (tertiary/aromatic N) is 1. The average molecular weight is 218 g/mol. The van der Waals surface area contributed by atoms with E-state index >= 15 is 0 Å². The van der Waals surface area contributed by atoms with Crippen molar-refractivity contribution >= 4 is 0 Å². The number of benzene rings is 1. The van der Waals surface area contributed by atoms with Gasteiger partial charge >= 0.3 is 0 Å². The van der Waals surface area contributed by atoms with E-state index < -0.39 is 6.10 Å². The van der Waals surface area contributed by atoms with Gasteiger partial charge in [-0.15, -0.1) is 0 Å². The smallest absolute Gasteiger partial charge is 0.225 e. The van der Waals surface area contributed by atoms with Crippen LogP contribution in [0, 0.1) is 0 Å². The van der Waals surface area contributed by atoms with E-state index in [0.717, 1.165) is 11.1 Å². The first kappa shape index (κ1) is 10.9. The molecular formula is C12H14N2O2. The minimum absolute atomic E-state index is 0.483. The third-order valence-electron chi connectivity index (χ3n) is 2.37. The molecule has 0 aliphatic carbocycles. The largest absolute Gasteiger partial charge is 0.445 e. The van der Waals surface area contributed by atoms with E-state index in [1.807, 2.05) is 31.3 Å². The molecule has 0 saturated carbocycles. The van der Waals surface area contributed by atoms with Gasteiger partial charge in [-0.05, 0) is 24.7 Å². The van der Waals surface area contributed by atoms with Crippen molar-refractivity contribution in [3.63, 3.8) is 0 Å². The molecule has 4 heteroatoms. The van der Waals surface area contributed by atoms with Gasteiger partial charge in [0.25, 0.3) is 0 Å². The quantitative estimate of drug-likeness (QED) is 0.818. The van der Waals surface area contributed by atoms with Crippen LogP contribution in [0.1, 0.15) is 11.7 Å². The Balaban J connectivity index is 2.16. The van der Waals surface area contributed by atoms with Crippen molar-refractivity contribution in [2.45, 2.75) is 6.10 Å². The Morgan fingerprint density at radius 1 is 1.38 bits per heavy atom. The molecular weight excluding hydrogens is 204 g/mol. The summed E-state index contributed by atoms with van der Waals surface area (Å²) in [5.74, 6) is 0.592. The Hall–Kier alpha value is -1.65. The Bertz CT molecular complexity index is 423. The van der Waals surface area contributed by atoms with Crippen molar-refractivity contribution < 1.29 is 9.52 Å². The van der Waals surface area contributed by atoms with Crippen molar-refractivity contribution in [3.05, 3.63) is 42.3 Å². The molecule has 1 unspecified atom stereocenters. The molecule has 0 aliphatic heterocycles. The lowest BCUT2D eigenvalue weighted by atomic mass is 10.1. The predicted octanol–water partition coefficient (Wildman–Crippen LogP) is 1.59. The number of nitrogens with one attached hydrogen (secondary N) is 1. The van der Waals surface area contributed by atoms with Crippen LogP contribution in [-0.4, -0.2) is 23.7 Å². The molecule has 1 atom stereocenters. The Morgan fingerprint density at radius 2 is 2.12 bits per heavy atom. The lowest BCUT2D eigenvalue weighted by molar-refractivity contribution is 0.178. The van der Waals surface area contributed by atoms with Crippen LogP contribution in [0.15, 0.2) is 41.1 Å². The second-order valence-electron chi connectivity index (χ2n) is 3.53. The van der Waals surface area contributed by atoms with E-state index in [0.29, 0.717) is 12.4 Å². The number of hydrogen-bond donors (Lipinski definition) is 2. The summed E-state index contributed by atoms with van der Waals surface area (Å²) in [5, 5.41) is 12.7. The maximum atomic E-state index is 9.74. The van der Waals surface area contributed by atoms with Crippen LogP contribution in [0.3, 0.4) is 0 Å². The van der Waals surface area contributed by atoms with Crippen molar-refractivity contribution in [2.24, 2.45) is 0 Å². The first-order valence-electron chi connectivity index (χ1n) is 5.14. The van der Waals surface area contributed by atoms with Gasteiger partial charge in [0.2, 0.25) is 5.89 Å². The molecule has 1 aromatic heterocycles. The van der Waals surface area contributed by atoms with E-state index in [9.17, 15) is 5.11 Å². The second kappa shape index (κ2) is 4.92. The SMILES string of the molecule is CNCC(O)c1ccc(-c2ncco2)cc1. The number of likely N-dealkylation sites (N-methyl/N-ethyl adjacent to an activating group) is 1. The van der Waals surface area contributed by atoms with Gasteiger partial charge in [0.1, 0.15) is 6.26 Å². The van der Waals surface area contributed by atoms with Crippen LogP contribution >= 0.6 is 0 Å².